The zero-order valence-electron chi connectivity index (χ0n) is 15.6. The number of amides is 1. The van der Waals surface area contributed by atoms with E-state index in [1.54, 1.807) is 36.4 Å². The molecule has 0 saturated carbocycles. The molecule has 0 unspecified atom stereocenters. The minimum absolute atomic E-state index is 0.0494. The number of aromatic nitrogens is 2. The SMILES string of the molecule is CCOc1ccc(C(=O)Nc2c(N)nc(SCc3ccc(Cl)cc3)[nH]c2=O)cc1. The van der Waals surface area contributed by atoms with Crippen LogP contribution in [-0.4, -0.2) is 22.5 Å². The van der Waals surface area contributed by atoms with Crippen LogP contribution in [0.2, 0.25) is 5.02 Å². The number of nitrogen functional groups attached to an aromatic ring is 1. The van der Waals surface area contributed by atoms with E-state index in [4.69, 9.17) is 22.1 Å². The molecule has 0 saturated heterocycles. The molecule has 0 atom stereocenters. The Morgan fingerprint density at radius 3 is 2.52 bits per heavy atom. The number of hydrogen-bond acceptors (Lipinski definition) is 6. The largest absolute Gasteiger partial charge is 0.494 e. The molecule has 0 radical (unpaired) electrons. The summed E-state index contributed by atoms with van der Waals surface area (Å²) in [5.41, 5.74) is 6.69. The molecule has 0 spiro atoms. The van der Waals surface area contributed by atoms with E-state index in [0.29, 0.717) is 33.9 Å². The highest BCUT2D eigenvalue weighted by Gasteiger charge is 2.14. The van der Waals surface area contributed by atoms with Gasteiger partial charge in [-0.1, -0.05) is 35.5 Å². The van der Waals surface area contributed by atoms with Crippen molar-refractivity contribution in [2.45, 2.75) is 17.8 Å². The Morgan fingerprint density at radius 2 is 1.90 bits per heavy atom. The summed E-state index contributed by atoms with van der Waals surface area (Å²) in [4.78, 5) is 31.6. The molecule has 0 bridgehead atoms. The normalized spacial score (nSPS) is 10.6. The third-order valence-corrected chi connectivity index (χ3v) is 5.08. The summed E-state index contributed by atoms with van der Waals surface area (Å²) in [6, 6.07) is 13.9. The first-order chi connectivity index (χ1) is 14.0. The minimum atomic E-state index is -0.518. The zero-order chi connectivity index (χ0) is 20.8. The van der Waals surface area contributed by atoms with Crippen LogP contribution in [-0.2, 0) is 5.75 Å². The van der Waals surface area contributed by atoms with Crippen molar-refractivity contribution in [2.75, 3.05) is 17.7 Å². The Labute approximate surface area is 176 Å². The van der Waals surface area contributed by atoms with Crippen molar-refractivity contribution >= 4 is 40.8 Å². The van der Waals surface area contributed by atoms with Crippen LogP contribution in [0.4, 0.5) is 11.5 Å². The quantitative estimate of drug-likeness (QED) is 0.386. The number of halogens is 1. The average molecular weight is 431 g/mol. The van der Waals surface area contributed by atoms with Gasteiger partial charge in [0.25, 0.3) is 11.5 Å². The molecule has 29 heavy (non-hydrogen) atoms. The Bertz CT molecular complexity index is 1050. The summed E-state index contributed by atoms with van der Waals surface area (Å²) >= 11 is 7.19. The van der Waals surface area contributed by atoms with Gasteiger partial charge >= 0.3 is 0 Å². The molecule has 0 aliphatic carbocycles. The van der Waals surface area contributed by atoms with Crippen molar-refractivity contribution in [3.63, 3.8) is 0 Å². The molecule has 0 fully saturated rings. The molecule has 3 rings (SSSR count). The first kappa shape index (κ1) is 20.8. The van der Waals surface area contributed by atoms with Crippen LogP contribution < -0.4 is 21.3 Å². The lowest BCUT2D eigenvalue weighted by Crippen LogP contribution is -2.23. The van der Waals surface area contributed by atoms with Crippen LogP contribution in [0.15, 0.2) is 58.5 Å². The maximum atomic E-state index is 12.4. The second-order valence-electron chi connectivity index (χ2n) is 5.96. The molecule has 1 aromatic heterocycles. The molecule has 9 heteroatoms. The Morgan fingerprint density at radius 1 is 1.21 bits per heavy atom. The number of nitrogens with one attached hydrogen (secondary N) is 2. The molecular weight excluding hydrogens is 412 g/mol. The third kappa shape index (κ3) is 5.52. The van der Waals surface area contributed by atoms with Gasteiger partial charge in [0.1, 0.15) is 11.4 Å². The monoisotopic (exact) mass is 430 g/mol. The van der Waals surface area contributed by atoms with Crippen molar-refractivity contribution < 1.29 is 9.53 Å². The van der Waals surface area contributed by atoms with Gasteiger partial charge in [0, 0.05) is 16.3 Å². The lowest BCUT2D eigenvalue weighted by Gasteiger charge is -2.09. The Balaban J connectivity index is 1.69. The second-order valence-corrected chi connectivity index (χ2v) is 7.36. The van der Waals surface area contributed by atoms with Gasteiger partial charge in [-0.3, -0.25) is 14.6 Å². The second kappa shape index (κ2) is 9.49. The molecular formula is C20H19ClN4O3S. The maximum Gasteiger partial charge on any atom is 0.277 e. The van der Waals surface area contributed by atoms with E-state index in [1.807, 2.05) is 19.1 Å². The topological polar surface area (TPSA) is 110 Å². The van der Waals surface area contributed by atoms with Gasteiger partial charge < -0.3 is 15.8 Å². The highest BCUT2D eigenvalue weighted by atomic mass is 35.5. The van der Waals surface area contributed by atoms with E-state index in [-0.39, 0.29) is 11.5 Å². The number of nitrogens with zero attached hydrogens (tertiary/aromatic N) is 1. The molecule has 1 amide bonds. The molecule has 0 aliphatic heterocycles. The molecule has 1 heterocycles. The van der Waals surface area contributed by atoms with Crippen molar-refractivity contribution in [3.8, 4) is 5.75 Å². The number of anilines is 2. The average Bonchev–Trinajstić information content (AvgIpc) is 2.71. The highest BCUT2D eigenvalue weighted by Crippen LogP contribution is 2.22. The number of thioether (sulfide) groups is 1. The summed E-state index contributed by atoms with van der Waals surface area (Å²) in [6.07, 6.45) is 0. The first-order valence-electron chi connectivity index (χ1n) is 8.77. The van der Waals surface area contributed by atoms with Crippen molar-refractivity contribution in [1.82, 2.24) is 9.97 Å². The standard InChI is InChI=1S/C20H19ClN4O3S/c1-2-28-15-9-5-13(6-10-15)18(26)23-16-17(22)24-20(25-19(16)27)29-11-12-3-7-14(21)8-4-12/h3-10H,2,11H2,1H3,(H,23,26)(H3,22,24,25,27). The summed E-state index contributed by atoms with van der Waals surface area (Å²) in [5.74, 6) is 0.725. The van der Waals surface area contributed by atoms with Crippen molar-refractivity contribution in [3.05, 3.63) is 75.0 Å². The molecule has 2 aromatic carbocycles. The van der Waals surface area contributed by atoms with Gasteiger partial charge in [0.05, 0.1) is 6.61 Å². The molecule has 4 N–H and O–H groups in total. The van der Waals surface area contributed by atoms with Gasteiger partial charge in [0.15, 0.2) is 11.0 Å². The van der Waals surface area contributed by atoms with Crippen LogP contribution in [0.25, 0.3) is 0 Å². The third-order valence-electron chi connectivity index (χ3n) is 3.88. The number of rotatable bonds is 7. The number of ether oxygens (including phenoxy) is 1. The Hall–Kier alpha value is -2.97. The fourth-order valence-electron chi connectivity index (χ4n) is 2.45. The van der Waals surface area contributed by atoms with Crippen LogP contribution in [0.5, 0.6) is 5.75 Å². The van der Waals surface area contributed by atoms with Gasteiger partial charge in [-0.25, -0.2) is 4.98 Å². The van der Waals surface area contributed by atoms with E-state index in [9.17, 15) is 9.59 Å². The molecule has 3 aromatic rings. The number of carbonyl (C=O) groups is 1. The van der Waals surface area contributed by atoms with E-state index in [2.05, 4.69) is 15.3 Å². The number of nitrogens with two attached hydrogens (primary N) is 1. The van der Waals surface area contributed by atoms with Crippen LogP contribution in [0.1, 0.15) is 22.8 Å². The van der Waals surface area contributed by atoms with E-state index in [1.165, 1.54) is 11.8 Å². The van der Waals surface area contributed by atoms with Crippen molar-refractivity contribution in [2.24, 2.45) is 0 Å². The fourth-order valence-corrected chi connectivity index (χ4v) is 3.40. The number of benzene rings is 2. The number of carbonyl (C=O) groups excluding carboxylic acids is 1. The van der Waals surface area contributed by atoms with Gasteiger partial charge in [-0.2, -0.15) is 0 Å². The summed E-state index contributed by atoms with van der Waals surface area (Å²) < 4.78 is 5.35. The summed E-state index contributed by atoms with van der Waals surface area (Å²) in [5, 5.41) is 3.54. The molecule has 7 nitrogen and oxygen atoms in total. The zero-order valence-corrected chi connectivity index (χ0v) is 17.1. The number of hydrogen-bond donors (Lipinski definition) is 3. The van der Waals surface area contributed by atoms with Crippen LogP contribution in [0.3, 0.4) is 0 Å². The molecule has 0 aliphatic rings. The lowest BCUT2D eigenvalue weighted by atomic mass is 10.2. The smallest absolute Gasteiger partial charge is 0.277 e. The van der Waals surface area contributed by atoms with E-state index >= 15 is 0 Å². The fraction of sp³-hybridized carbons (Fsp3) is 0.150. The van der Waals surface area contributed by atoms with Gasteiger partial charge in [-0.15, -0.1) is 0 Å². The van der Waals surface area contributed by atoms with Gasteiger partial charge in [-0.05, 0) is 48.9 Å². The van der Waals surface area contributed by atoms with Crippen LogP contribution >= 0.6 is 23.4 Å². The number of aromatic amines is 1. The predicted octanol–water partition coefficient (Wildman–Crippen LogP) is 3.95. The van der Waals surface area contributed by atoms with Gasteiger partial charge in [0.2, 0.25) is 0 Å². The van der Waals surface area contributed by atoms with Crippen molar-refractivity contribution in [1.29, 1.82) is 0 Å². The summed E-state index contributed by atoms with van der Waals surface area (Å²) in [6.45, 7) is 2.41. The number of H-pyrrole nitrogens is 1. The summed E-state index contributed by atoms with van der Waals surface area (Å²) in [7, 11) is 0. The molecule has 150 valence electrons. The maximum absolute atomic E-state index is 12.4. The lowest BCUT2D eigenvalue weighted by molar-refractivity contribution is 0.102. The first-order valence-corrected chi connectivity index (χ1v) is 10.1. The Kier molecular flexibility index (Phi) is 6.79. The van der Waals surface area contributed by atoms with Crippen LogP contribution in [0, 0.1) is 0 Å². The minimum Gasteiger partial charge on any atom is -0.494 e. The predicted molar refractivity (Wildman–Crippen MR) is 116 cm³/mol. The van der Waals surface area contributed by atoms with E-state index < -0.39 is 11.5 Å². The van der Waals surface area contributed by atoms with E-state index in [0.717, 1.165) is 5.56 Å². The highest BCUT2D eigenvalue weighted by molar-refractivity contribution is 7.98.